The molecule has 3 rings (SSSR count). The first-order valence-corrected chi connectivity index (χ1v) is 7.95. The lowest BCUT2D eigenvalue weighted by Crippen LogP contribution is -2.10. The van der Waals surface area contributed by atoms with Crippen LogP contribution in [0.1, 0.15) is 10.4 Å². The van der Waals surface area contributed by atoms with Gasteiger partial charge in [-0.05, 0) is 30.5 Å². The number of fused-ring (bicyclic) bond motifs is 1. The number of hydrogen-bond acceptors (Lipinski definition) is 7. The van der Waals surface area contributed by atoms with Gasteiger partial charge in [0.1, 0.15) is 16.8 Å². The normalized spacial score (nSPS) is 10.7. The third-order valence-corrected chi connectivity index (χ3v) is 4.68. The Morgan fingerprint density at radius 3 is 2.71 bits per heavy atom. The van der Waals surface area contributed by atoms with E-state index >= 15 is 0 Å². The van der Waals surface area contributed by atoms with E-state index in [1.807, 2.05) is 6.26 Å². The van der Waals surface area contributed by atoms with Crippen molar-refractivity contribution >= 4 is 39.4 Å². The maximum absolute atomic E-state index is 11.0. The molecule has 0 fully saturated rings. The molecule has 2 aromatic heterocycles. The largest absolute Gasteiger partial charge is 0.437 e. The number of ether oxygens (including phenoxy) is 1. The Labute approximate surface area is 128 Å². The van der Waals surface area contributed by atoms with Gasteiger partial charge in [0.15, 0.2) is 9.99 Å². The van der Waals surface area contributed by atoms with Crippen molar-refractivity contribution in [1.29, 1.82) is 0 Å². The van der Waals surface area contributed by atoms with Crippen LogP contribution in [0.3, 0.4) is 0 Å². The highest BCUT2D eigenvalue weighted by molar-refractivity contribution is 8.00. The van der Waals surface area contributed by atoms with Gasteiger partial charge in [0.05, 0.1) is 0 Å². The van der Waals surface area contributed by atoms with Crippen LogP contribution < -0.4 is 10.5 Å². The number of primary amides is 1. The molecule has 0 aliphatic rings. The summed E-state index contributed by atoms with van der Waals surface area (Å²) in [6, 6.07) is 6.56. The molecule has 2 N–H and O–H groups in total. The lowest BCUT2D eigenvalue weighted by Gasteiger charge is -2.05. The second kappa shape index (κ2) is 5.66. The lowest BCUT2D eigenvalue weighted by atomic mass is 10.2. The summed E-state index contributed by atoms with van der Waals surface area (Å²) in [6.07, 6.45) is 3.37. The standard InChI is InChI=1S/C13H10N4O2S2/c1-20-13-17-11-9(21-13)12(16-6-15-11)19-8-4-2-7(3-5-8)10(14)18/h2-6H,1H3,(H2,14,18). The minimum Gasteiger partial charge on any atom is -0.437 e. The van der Waals surface area contributed by atoms with Crippen molar-refractivity contribution < 1.29 is 9.53 Å². The third kappa shape index (κ3) is 2.81. The highest BCUT2D eigenvalue weighted by atomic mass is 32.2. The molecule has 6 nitrogen and oxygen atoms in total. The summed E-state index contributed by atoms with van der Waals surface area (Å²) in [6.45, 7) is 0. The van der Waals surface area contributed by atoms with Crippen LogP contribution in [-0.4, -0.2) is 27.1 Å². The van der Waals surface area contributed by atoms with Crippen molar-refractivity contribution in [3.05, 3.63) is 36.2 Å². The van der Waals surface area contributed by atoms with Gasteiger partial charge < -0.3 is 10.5 Å². The monoisotopic (exact) mass is 318 g/mol. The Bertz CT molecular complexity index is 802. The smallest absolute Gasteiger partial charge is 0.248 e. The fourth-order valence-electron chi connectivity index (χ4n) is 1.67. The molecule has 0 aliphatic heterocycles. The molecule has 106 valence electrons. The van der Waals surface area contributed by atoms with Crippen molar-refractivity contribution in [1.82, 2.24) is 15.0 Å². The van der Waals surface area contributed by atoms with Gasteiger partial charge in [-0.25, -0.2) is 15.0 Å². The second-order valence-corrected chi connectivity index (χ2v) is 6.06. The van der Waals surface area contributed by atoms with E-state index in [9.17, 15) is 4.79 Å². The van der Waals surface area contributed by atoms with Crippen molar-refractivity contribution in [3.8, 4) is 11.6 Å². The Balaban J connectivity index is 1.93. The second-order valence-electron chi connectivity index (χ2n) is 4.01. The topological polar surface area (TPSA) is 91.0 Å². The van der Waals surface area contributed by atoms with Gasteiger partial charge in [0.2, 0.25) is 11.8 Å². The highest BCUT2D eigenvalue weighted by Gasteiger charge is 2.12. The summed E-state index contributed by atoms with van der Waals surface area (Å²) in [7, 11) is 0. The number of rotatable bonds is 4. The summed E-state index contributed by atoms with van der Waals surface area (Å²) in [5.41, 5.74) is 6.24. The molecular weight excluding hydrogens is 308 g/mol. The van der Waals surface area contributed by atoms with Crippen LogP contribution in [0.25, 0.3) is 10.3 Å². The molecule has 0 bridgehead atoms. The summed E-state index contributed by atoms with van der Waals surface area (Å²) < 4.78 is 7.44. The zero-order chi connectivity index (χ0) is 14.8. The number of nitrogens with zero attached hydrogens (tertiary/aromatic N) is 3. The van der Waals surface area contributed by atoms with Crippen LogP contribution >= 0.6 is 23.1 Å². The minimum atomic E-state index is -0.474. The molecule has 0 unspecified atom stereocenters. The van der Waals surface area contributed by atoms with Crippen molar-refractivity contribution in [3.63, 3.8) is 0 Å². The van der Waals surface area contributed by atoms with E-state index in [0.717, 1.165) is 9.04 Å². The zero-order valence-corrected chi connectivity index (χ0v) is 12.6. The van der Waals surface area contributed by atoms with Crippen LogP contribution in [-0.2, 0) is 0 Å². The SMILES string of the molecule is CSc1nc2ncnc(Oc3ccc(C(N)=O)cc3)c2s1. The number of benzene rings is 1. The molecular formula is C13H10N4O2S2. The number of nitrogens with two attached hydrogens (primary N) is 1. The van der Waals surface area contributed by atoms with Gasteiger partial charge in [0, 0.05) is 5.56 Å². The maximum Gasteiger partial charge on any atom is 0.248 e. The van der Waals surface area contributed by atoms with Gasteiger partial charge in [-0.1, -0.05) is 11.8 Å². The van der Waals surface area contributed by atoms with Crippen molar-refractivity contribution in [2.24, 2.45) is 5.73 Å². The number of thioether (sulfide) groups is 1. The highest BCUT2D eigenvalue weighted by Crippen LogP contribution is 2.34. The van der Waals surface area contributed by atoms with Gasteiger partial charge >= 0.3 is 0 Å². The molecule has 0 radical (unpaired) electrons. The van der Waals surface area contributed by atoms with Gasteiger partial charge in [-0.15, -0.1) is 11.3 Å². The summed E-state index contributed by atoms with van der Waals surface area (Å²) in [4.78, 5) is 23.7. The van der Waals surface area contributed by atoms with Crippen LogP contribution in [0.5, 0.6) is 11.6 Å². The maximum atomic E-state index is 11.0. The molecule has 1 aromatic carbocycles. The molecule has 0 spiro atoms. The summed E-state index contributed by atoms with van der Waals surface area (Å²) in [5.74, 6) is 0.543. The van der Waals surface area contributed by atoms with E-state index in [1.54, 1.807) is 36.0 Å². The molecule has 0 saturated heterocycles. The van der Waals surface area contributed by atoms with Gasteiger partial charge in [0.25, 0.3) is 0 Å². The minimum absolute atomic E-state index is 0.428. The number of carbonyl (C=O) groups excluding carboxylic acids is 1. The average molecular weight is 318 g/mol. The Kier molecular flexibility index (Phi) is 3.72. The van der Waals surface area contributed by atoms with Crippen molar-refractivity contribution in [2.45, 2.75) is 4.34 Å². The van der Waals surface area contributed by atoms with E-state index in [2.05, 4.69) is 15.0 Å². The van der Waals surface area contributed by atoms with E-state index in [0.29, 0.717) is 22.8 Å². The fraction of sp³-hybridized carbons (Fsp3) is 0.0769. The third-order valence-electron chi connectivity index (χ3n) is 2.67. The first kappa shape index (κ1) is 13.8. The number of aromatic nitrogens is 3. The zero-order valence-electron chi connectivity index (χ0n) is 10.9. The van der Waals surface area contributed by atoms with E-state index in [1.165, 1.54) is 17.7 Å². The first-order valence-electron chi connectivity index (χ1n) is 5.90. The first-order chi connectivity index (χ1) is 10.2. The van der Waals surface area contributed by atoms with E-state index < -0.39 is 5.91 Å². The number of thiazole rings is 1. The van der Waals surface area contributed by atoms with Gasteiger partial charge in [-0.2, -0.15) is 0 Å². The van der Waals surface area contributed by atoms with Gasteiger partial charge in [-0.3, -0.25) is 4.79 Å². The molecule has 8 heteroatoms. The number of hydrogen-bond donors (Lipinski definition) is 1. The van der Waals surface area contributed by atoms with Crippen molar-refractivity contribution in [2.75, 3.05) is 6.26 Å². The molecule has 1 amide bonds. The predicted octanol–water partition coefficient (Wildman–Crippen LogP) is 2.70. The molecule has 0 aliphatic carbocycles. The average Bonchev–Trinajstić information content (AvgIpc) is 2.92. The quantitative estimate of drug-likeness (QED) is 0.744. The number of carbonyl (C=O) groups is 1. The molecule has 21 heavy (non-hydrogen) atoms. The summed E-state index contributed by atoms with van der Waals surface area (Å²) >= 11 is 3.03. The van der Waals surface area contributed by atoms with E-state index in [4.69, 9.17) is 10.5 Å². The van der Waals surface area contributed by atoms with E-state index in [-0.39, 0.29) is 0 Å². The predicted molar refractivity (Wildman–Crippen MR) is 82.0 cm³/mol. The molecule has 0 atom stereocenters. The van der Waals surface area contributed by atoms with Crippen LogP contribution in [0.4, 0.5) is 0 Å². The Morgan fingerprint density at radius 1 is 1.29 bits per heavy atom. The number of amides is 1. The lowest BCUT2D eigenvalue weighted by molar-refractivity contribution is 0.100. The Morgan fingerprint density at radius 2 is 2.05 bits per heavy atom. The van der Waals surface area contributed by atoms with Crippen LogP contribution in [0, 0.1) is 0 Å². The Hall–Kier alpha value is -2.19. The summed E-state index contributed by atoms with van der Waals surface area (Å²) in [5, 5.41) is 0. The molecule has 3 aromatic rings. The molecule has 0 saturated carbocycles. The van der Waals surface area contributed by atoms with Crippen LogP contribution in [0.15, 0.2) is 34.9 Å². The van der Waals surface area contributed by atoms with Crippen LogP contribution in [0.2, 0.25) is 0 Å². The molecule has 2 heterocycles. The fourth-order valence-corrected chi connectivity index (χ4v) is 3.11.